The molecule has 2 rings (SSSR count). The smallest absolute Gasteiger partial charge is 0.255 e. The average molecular weight is 435 g/mol. The maximum Gasteiger partial charge on any atom is 0.255 e. The molecule has 164 valence electrons. The van der Waals surface area contributed by atoms with Gasteiger partial charge in [0, 0.05) is 19.2 Å². The number of hydrogen-bond acceptors (Lipinski definition) is 5. The van der Waals surface area contributed by atoms with Crippen LogP contribution in [0.4, 0.5) is 0 Å². The number of rotatable bonds is 12. The molecule has 0 aromatic heterocycles. The van der Waals surface area contributed by atoms with Crippen molar-refractivity contribution in [2.75, 3.05) is 19.8 Å². The third kappa shape index (κ3) is 8.14. The zero-order chi connectivity index (χ0) is 22.0. The van der Waals surface area contributed by atoms with Gasteiger partial charge in [-0.05, 0) is 44.0 Å². The quantitative estimate of drug-likeness (QED) is 0.501. The highest BCUT2D eigenvalue weighted by Crippen LogP contribution is 2.18. The summed E-state index contributed by atoms with van der Waals surface area (Å²) in [6.07, 6.45) is 0. The van der Waals surface area contributed by atoms with Crippen molar-refractivity contribution in [1.82, 2.24) is 10.0 Å². The lowest BCUT2D eigenvalue weighted by molar-refractivity contribution is 0.0934. The van der Waals surface area contributed by atoms with E-state index in [1.807, 2.05) is 25.1 Å². The van der Waals surface area contributed by atoms with Gasteiger partial charge in [0.25, 0.3) is 5.91 Å². The third-order valence-electron chi connectivity index (χ3n) is 4.07. The van der Waals surface area contributed by atoms with E-state index < -0.39 is 10.0 Å². The van der Waals surface area contributed by atoms with E-state index >= 15 is 0 Å². The van der Waals surface area contributed by atoms with Gasteiger partial charge in [-0.2, -0.15) is 0 Å². The third-order valence-corrected chi connectivity index (χ3v) is 5.61. The summed E-state index contributed by atoms with van der Waals surface area (Å²) in [5.41, 5.74) is 2.01. The monoisotopic (exact) mass is 434 g/mol. The Morgan fingerprint density at radius 1 is 1.00 bits per heavy atom. The minimum absolute atomic E-state index is 0.0791. The van der Waals surface area contributed by atoms with E-state index in [4.69, 9.17) is 9.47 Å². The molecule has 0 spiro atoms. The Hall–Kier alpha value is -2.42. The second-order valence-electron chi connectivity index (χ2n) is 7.07. The summed E-state index contributed by atoms with van der Waals surface area (Å²) >= 11 is 0. The molecule has 0 saturated carbocycles. The molecule has 0 unspecified atom stereocenters. The van der Waals surface area contributed by atoms with Gasteiger partial charge < -0.3 is 14.8 Å². The highest BCUT2D eigenvalue weighted by Gasteiger charge is 2.14. The van der Waals surface area contributed by atoms with E-state index in [1.54, 1.807) is 44.2 Å². The van der Waals surface area contributed by atoms with Gasteiger partial charge in [-0.1, -0.05) is 36.4 Å². The predicted octanol–water partition coefficient (Wildman–Crippen LogP) is 2.86. The van der Waals surface area contributed by atoms with Gasteiger partial charge in [-0.15, -0.1) is 0 Å². The highest BCUT2D eigenvalue weighted by molar-refractivity contribution is 7.88. The van der Waals surface area contributed by atoms with Crippen LogP contribution in [-0.4, -0.2) is 40.2 Å². The van der Waals surface area contributed by atoms with Crippen molar-refractivity contribution in [2.24, 2.45) is 0 Å². The summed E-state index contributed by atoms with van der Waals surface area (Å²) in [6, 6.07) is 14.0. The van der Waals surface area contributed by atoms with E-state index in [-0.39, 0.29) is 17.7 Å². The van der Waals surface area contributed by atoms with E-state index in [0.29, 0.717) is 43.2 Å². The normalized spacial score (nSPS) is 11.5. The number of carbonyl (C=O) groups excluding carboxylic acids is 1. The molecule has 0 radical (unpaired) electrons. The van der Waals surface area contributed by atoms with Crippen molar-refractivity contribution in [3.63, 3.8) is 0 Å². The highest BCUT2D eigenvalue weighted by atomic mass is 32.2. The Balaban J connectivity index is 1.92. The van der Waals surface area contributed by atoms with Crippen molar-refractivity contribution in [2.45, 2.75) is 39.1 Å². The molecule has 2 aromatic rings. The molecule has 0 bridgehead atoms. The average Bonchev–Trinajstić information content (AvgIpc) is 2.69. The molecular formula is C22H30N2O5S. The maximum atomic E-state index is 12.6. The van der Waals surface area contributed by atoms with Crippen molar-refractivity contribution in [3.05, 3.63) is 65.2 Å². The molecular weight excluding hydrogens is 404 g/mol. The lowest BCUT2D eigenvalue weighted by Crippen LogP contribution is -2.31. The number of carbonyl (C=O) groups is 1. The number of sulfonamides is 1. The molecule has 0 atom stereocenters. The Morgan fingerprint density at radius 3 is 2.33 bits per heavy atom. The summed E-state index contributed by atoms with van der Waals surface area (Å²) in [4.78, 5) is 12.6. The van der Waals surface area contributed by atoms with Gasteiger partial charge in [0.2, 0.25) is 10.0 Å². The zero-order valence-electron chi connectivity index (χ0n) is 17.7. The van der Waals surface area contributed by atoms with Gasteiger partial charge in [0.05, 0.1) is 17.9 Å². The minimum atomic E-state index is -3.37. The molecule has 0 aliphatic heterocycles. The number of benzene rings is 2. The Labute approximate surface area is 178 Å². The second kappa shape index (κ2) is 11.7. The van der Waals surface area contributed by atoms with Gasteiger partial charge in [0.1, 0.15) is 12.4 Å². The summed E-state index contributed by atoms with van der Waals surface area (Å²) in [5, 5.41) is 2.87. The summed E-state index contributed by atoms with van der Waals surface area (Å²) in [5.74, 6) is 0.187. The van der Waals surface area contributed by atoms with Gasteiger partial charge in [-0.25, -0.2) is 13.1 Å². The zero-order valence-corrected chi connectivity index (χ0v) is 18.5. The molecule has 0 aliphatic rings. The van der Waals surface area contributed by atoms with Crippen LogP contribution in [0.15, 0.2) is 48.5 Å². The van der Waals surface area contributed by atoms with Crippen LogP contribution in [0.5, 0.6) is 5.75 Å². The van der Waals surface area contributed by atoms with Crippen LogP contribution in [0.3, 0.4) is 0 Å². The molecule has 8 heteroatoms. The molecule has 7 nitrogen and oxygen atoms in total. The first-order valence-corrected chi connectivity index (χ1v) is 11.6. The van der Waals surface area contributed by atoms with Crippen LogP contribution in [0.25, 0.3) is 0 Å². The van der Waals surface area contributed by atoms with Crippen LogP contribution >= 0.6 is 0 Å². The number of ether oxygens (including phenoxy) is 2. The van der Waals surface area contributed by atoms with Crippen molar-refractivity contribution >= 4 is 15.9 Å². The maximum absolute atomic E-state index is 12.6. The van der Waals surface area contributed by atoms with E-state index in [0.717, 1.165) is 5.56 Å². The minimum Gasteiger partial charge on any atom is -0.490 e. The summed E-state index contributed by atoms with van der Waals surface area (Å²) < 4.78 is 37.5. The molecule has 1 amide bonds. The van der Waals surface area contributed by atoms with E-state index in [2.05, 4.69) is 10.0 Å². The van der Waals surface area contributed by atoms with Crippen LogP contribution in [0, 0.1) is 0 Å². The van der Waals surface area contributed by atoms with Crippen LogP contribution in [0.1, 0.15) is 42.3 Å². The van der Waals surface area contributed by atoms with Gasteiger partial charge in [-0.3, -0.25) is 4.79 Å². The lowest BCUT2D eigenvalue weighted by Gasteiger charge is -2.12. The molecule has 2 N–H and O–H groups in total. The molecule has 0 heterocycles. The Morgan fingerprint density at radius 2 is 1.67 bits per heavy atom. The molecule has 0 saturated heterocycles. The van der Waals surface area contributed by atoms with E-state index in [9.17, 15) is 13.2 Å². The van der Waals surface area contributed by atoms with Crippen molar-refractivity contribution in [1.29, 1.82) is 0 Å². The fourth-order valence-corrected chi connectivity index (χ4v) is 4.22. The molecule has 2 aromatic carbocycles. The largest absolute Gasteiger partial charge is 0.490 e. The molecule has 0 aliphatic carbocycles. The van der Waals surface area contributed by atoms with Crippen LogP contribution < -0.4 is 14.8 Å². The molecule has 0 fully saturated rings. The van der Waals surface area contributed by atoms with Gasteiger partial charge >= 0.3 is 0 Å². The first-order chi connectivity index (χ1) is 14.3. The standard InChI is InChI=1S/C22H30N2O5S/c1-4-28-13-14-29-21-8-6-5-7-20(21)22(25)23-15-18-9-11-19(12-10-18)16-30(26,27)24-17(2)3/h5-12,17,24H,4,13-16H2,1-3H3,(H,23,25). The van der Waals surface area contributed by atoms with Crippen molar-refractivity contribution < 1.29 is 22.7 Å². The van der Waals surface area contributed by atoms with E-state index in [1.165, 1.54) is 0 Å². The fourth-order valence-electron chi connectivity index (χ4n) is 2.79. The SMILES string of the molecule is CCOCCOc1ccccc1C(=O)NCc1ccc(CS(=O)(=O)NC(C)C)cc1. The topological polar surface area (TPSA) is 93.7 Å². The number of nitrogens with one attached hydrogen (secondary N) is 2. The van der Waals surface area contributed by atoms with Crippen molar-refractivity contribution in [3.8, 4) is 5.75 Å². The summed E-state index contributed by atoms with van der Waals surface area (Å²) in [6.45, 7) is 7.25. The van der Waals surface area contributed by atoms with Crippen LogP contribution in [0.2, 0.25) is 0 Å². The Bertz CT molecular complexity index is 911. The molecule has 30 heavy (non-hydrogen) atoms. The van der Waals surface area contributed by atoms with Gasteiger partial charge in [0.15, 0.2) is 0 Å². The number of hydrogen-bond donors (Lipinski definition) is 2. The Kier molecular flexibility index (Phi) is 9.29. The van der Waals surface area contributed by atoms with Crippen LogP contribution in [-0.2, 0) is 27.1 Å². The lowest BCUT2D eigenvalue weighted by atomic mass is 10.1. The first kappa shape index (κ1) is 23.9. The first-order valence-electron chi connectivity index (χ1n) is 9.96. The fraction of sp³-hybridized carbons (Fsp3) is 0.409. The number of para-hydroxylation sites is 1. The second-order valence-corrected chi connectivity index (χ2v) is 8.83. The predicted molar refractivity (Wildman–Crippen MR) is 117 cm³/mol. The number of amides is 1. The summed E-state index contributed by atoms with van der Waals surface area (Å²) in [7, 11) is -3.37.